The van der Waals surface area contributed by atoms with Crippen molar-refractivity contribution >= 4 is 23.7 Å². The highest BCUT2D eigenvalue weighted by Crippen LogP contribution is 2.33. The number of ketones is 2. The maximum absolute atomic E-state index is 12.6. The van der Waals surface area contributed by atoms with Gasteiger partial charge >= 0.3 is 0 Å². The van der Waals surface area contributed by atoms with Gasteiger partial charge in [-0.15, -0.1) is 0 Å². The predicted molar refractivity (Wildman–Crippen MR) is 200 cm³/mol. The molecule has 320 valence electrons. The van der Waals surface area contributed by atoms with Crippen LogP contribution < -0.4 is 9.47 Å². The van der Waals surface area contributed by atoms with Crippen molar-refractivity contribution in [3.8, 4) is 11.5 Å². The lowest BCUT2D eigenvalue weighted by molar-refractivity contribution is -0.352. The van der Waals surface area contributed by atoms with Crippen molar-refractivity contribution in [1.29, 1.82) is 0 Å². The average Bonchev–Trinajstić information content (AvgIpc) is 3.20. The molecule has 2 aromatic rings. The molecule has 0 unspecified atom stereocenters. The van der Waals surface area contributed by atoms with E-state index in [1.54, 1.807) is 57.2 Å². The molecule has 0 aliphatic carbocycles. The van der Waals surface area contributed by atoms with Gasteiger partial charge in [-0.2, -0.15) is 0 Å². The molecule has 3 fully saturated rings. The minimum absolute atomic E-state index is 0.215. The summed E-state index contributed by atoms with van der Waals surface area (Å²) in [5.74, 6) is -0.893. The van der Waals surface area contributed by atoms with Crippen molar-refractivity contribution in [3.63, 3.8) is 0 Å². The number of aliphatic hydroxyl groups is 10. The van der Waals surface area contributed by atoms with Gasteiger partial charge in [-0.25, -0.2) is 0 Å². The lowest BCUT2D eigenvalue weighted by atomic mass is 9.91. The Morgan fingerprint density at radius 2 is 1.03 bits per heavy atom. The SMILES string of the molecule is Cc1cc(/C=C/C(=O)CC(=O)/C=C/c2ccc(O[C@@H]3O[C@H](CO)[C@@H](O)[C@H](O[C@@H]4O[C@H](CO)[C@@H](O)[C@H](O)[C@H]4O)[C@H]3O)c(C)c2)ccc1O[C@@H]1O[C@H](CO)[C@@H](O)[C@H](C)[C@H]1O. The molecule has 0 saturated carbocycles. The number of aliphatic hydroxyl groups excluding tert-OH is 10. The summed E-state index contributed by atoms with van der Waals surface area (Å²) in [6.45, 7) is 3.16. The van der Waals surface area contributed by atoms with E-state index in [4.69, 9.17) is 28.4 Å². The Bertz CT molecular complexity index is 1760. The van der Waals surface area contributed by atoms with Crippen LogP contribution in [-0.2, 0) is 28.5 Å². The van der Waals surface area contributed by atoms with Crippen LogP contribution in [0.15, 0.2) is 48.6 Å². The van der Waals surface area contributed by atoms with Gasteiger partial charge in [0.25, 0.3) is 0 Å². The summed E-state index contributed by atoms with van der Waals surface area (Å²) in [5, 5.41) is 102. The summed E-state index contributed by atoms with van der Waals surface area (Å²) in [5.41, 5.74) is 2.41. The van der Waals surface area contributed by atoms with E-state index < -0.39 is 130 Å². The third kappa shape index (κ3) is 10.5. The van der Waals surface area contributed by atoms with E-state index >= 15 is 0 Å². The molecule has 0 radical (unpaired) electrons. The Morgan fingerprint density at radius 3 is 1.52 bits per heavy atom. The van der Waals surface area contributed by atoms with E-state index in [0.29, 0.717) is 28.0 Å². The second-order valence-corrected chi connectivity index (χ2v) is 14.6. The molecule has 0 spiro atoms. The second-order valence-electron chi connectivity index (χ2n) is 14.6. The number of allylic oxidation sites excluding steroid dienone is 2. The topological polar surface area (TPSA) is 292 Å². The van der Waals surface area contributed by atoms with Crippen molar-refractivity contribution in [2.24, 2.45) is 5.92 Å². The van der Waals surface area contributed by atoms with Crippen molar-refractivity contribution in [3.05, 3.63) is 70.8 Å². The molecule has 3 aliphatic rings. The van der Waals surface area contributed by atoms with Crippen LogP contribution in [0, 0.1) is 19.8 Å². The summed E-state index contributed by atoms with van der Waals surface area (Å²) in [4.78, 5) is 25.2. The molecular formula is C40H52O18. The Labute approximate surface area is 333 Å². The highest BCUT2D eigenvalue weighted by Gasteiger charge is 2.51. The zero-order valence-corrected chi connectivity index (χ0v) is 32.0. The van der Waals surface area contributed by atoms with Gasteiger partial charge in [-0.3, -0.25) is 9.59 Å². The number of benzene rings is 2. The van der Waals surface area contributed by atoms with Crippen LogP contribution in [0.3, 0.4) is 0 Å². The first-order valence-corrected chi connectivity index (χ1v) is 18.7. The van der Waals surface area contributed by atoms with Crippen molar-refractivity contribution in [2.45, 2.75) is 113 Å². The Morgan fingerprint density at radius 1 is 0.586 bits per heavy atom. The number of hydrogen-bond acceptors (Lipinski definition) is 18. The molecule has 0 bridgehead atoms. The summed E-state index contributed by atoms with van der Waals surface area (Å²) in [7, 11) is 0. The molecule has 2 aromatic carbocycles. The van der Waals surface area contributed by atoms with Gasteiger partial charge in [0.15, 0.2) is 17.9 Å². The first kappa shape index (κ1) is 45.4. The number of rotatable bonds is 15. The summed E-state index contributed by atoms with van der Waals surface area (Å²) in [6.07, 6.45) is -15.1. The van der Waals surface area contributed by atoms with Crippen molar-refractivity contribution in [2.75, 3.05) is 19.8 Å². The maximum Gasteiger partial charge on any atom is 0.229 e. The van der Waals surface area contributed by atoms with Crippen LogP contribution in [0.1, 0.15) is 35.6 Å². The van der Waals surface area contributed by atoms with Crippen LogP contribution in [0.25, 0.3) is 12.2 Å². The van der Waals surface area contributed by atoms with E-state index in [9.17, 15) is 60.7 Å². The standard InChI is InChI=1S/C40H52O18/c1-18-12-21(6-10-25(18)53-38-31(47)20(3)30(46)27(15-41)55-38)4-8-23(44)14-24(45)9-5-22-7-11-26(19(2)13-22)54-40-36(52)37(33(49)29(17-43)57-40)58-39-35(51)34(50)32(48)28(16-42)56-39/h4-13,20,27-43,46-52H,14-17H2,1-3H3/b8-4+,9-5+/t20-,27+,28+,29+,30-,31+,32+,33+,34-,35+,36+,37-,38+,39-,40+/m0/s1. The van der Waals surface area contributed by atoms with Gasteiger partial charge in [-0.05, 0) is 72.5 Å². The minimum Gasteiger partial charge on any atom is -0.462 e. The van der Waals surface area contributed by atoms with Gasteiger partial charge in [0, 0.05) is 5.92 Å². The van der Waals surface area contributed by atoms with Crippen LogP contribution in [0.2, 0.25) is 0 Å². The lowest BCUT2D eigenvalue weighted by Gasteiger charge is -2.45. The van der Waals surface area contributed by atoms with Crippen molar-refractivity contribution in [1.82, 2.24) is 0 Å². The van der Waals surface area contributed by atoms with E-state index in [1.165, 1.54) is 24.3 Å². The average molecular weight is 821 g/mol. The molecule has 10 N–H and O–H groups in total. The fourth-order valence-electron chi connectivity index (χ4n) is 6.75. The fraction of sp³-hybridized carbons (Fsp3) is 0.550. The number of ether oxygens (including phenoxy) is 6. The highest BCUT2D eigenvalue weighted by molar-refractivity contribution is 6.10. The quantitative estimate of drug-likeness (QED) is 0.0688. The molecule has 5 rings (SSSR count). The third-order valence-electron chi connectivity index (χ3n) is 10.3. The molecule has 3 heterocycles. The van der Waals surface area contributed by atoms with Gasteiger partial charge in [0.1, 0.15) is 72.5 Å². The molecule has 18 heteroatoms. The third-order valence-corrected chi connectivity index (χ3v) is 10.3. The molecule has 3 saturated heterocycles. The zero-order chi connectivity index (χ0) is 42.4. The number of carbonyl (C=O) groups excluding carboxylic acids is 2. The Kier molecular flexibility index (Phi) is 15.7. The van der Waals surface area contributed by atoms with Gasteiger partial charge < -0.3 is 79.5 Å². The predicted octanol–water partition coefficient (Wildman–Crippen LogP) is -1.98. The fourth-order valence-corrected chi connectivity index (χ4v) is 6.75. The molecule has 0 aromatic heterocycles. The van der Waals surface area contributed by atoms with E-state index in [-0.39, 0.29) is 5.75 Å². The first-order chi connectivity index (χ1) is 27.6. The normalized spacial score (nSPS) is 35.6. The van der Waals surface area contributed by atoms with E-state index in [2.05, 4.69) is 0 Å². The van der Waals surface area contributed by atoms with Crippen LogP contribution in [0.4, 0.5) is 0 Å². The lowest BCUT2D eigenvalue weighted by Crippen LogP contribution is -2.65. The minimum atomic E-state index is -1.82. The number of carbonyl (C=O) groups is 2. The molecular weight excluding hydrogens is 768 g/mol. The van der Waals surface area contributed by atoms with E-state index in [0.717, 1.165) is 0 Å². The number of aryl methyl sites for hydroxylation is 2. The zero-order valence-electron chi connectivity index (χ0n) is 32.0. The maximum atomic E-state index is 12.6. The first-order valence-electron chi connectivity index (χ1n) is 18.7. The Balaban J connectivity index is 1.14. The molecule has 18 nitrogen and oxygen atoms in total. The smallest absolute Gasteiger partial charge is 0.229 e. The highest BCUT2D eigenvalue weighted by atomic mass is 16.7. The summed E-state index contributed by atoms with van der Waals surface area (Å²) < 4.78 is 33.8. The summed E-state index contributed by atoms with van der Waals surface area (Å²) >= 11 is 0. The van der Waals surface area contributed by atoms with Crippen molar-refractivity contribution < 1.29 is 89.1 Å². The van der Waals surface area contributed by atoms with Gasteiger partial charge in [0.2, 0.25) is 12.6 Å². The molecule has 58 heavy (non-hydrogen) atoms. The van der Waals surface area contributed by atoms with Gasteiger partial charge in [-0.1, -0.05) is 31.2 Å². The number of hydrogen-bond donors (Lipinski definition) is 10. The molecule has 0 amide bonds. The Hall–Kier alpha value is -3.70. The van der Waals surface area contributed by atoms with Crippen LogP contribution >= 0.6 is 0 Å². The van der Waals surface area contributed by atoms with Crippen LogP contribution in [0.5, 0.6) is 11.5 Å². The van der Waals surface area contributed by atoms with Gasteiger partial charge in [0.05, 0.1) is 32.3 Å². The molecule has 3 aliphatic heterocycles. The largest absolute Gasteiger partial charge is 0.462 e. The van der Waals surface area contributed by atoms with Crippen LogP contribution in [-0.4, -0.2) is 168 Å². The second kappa shape index (κ2) is 20.0. The van der Waals surface area contributed by atoms with E-state index in [1.807, 2.05) is 0 Å². The molecule has 15 atom stereocenters. The monoisotopic (exact) mass is 820 g/mol. The summed E-state index contributed by atoms with van der Waals surface area (Å²) in [6, 6.07) is 9.81.